The van der Waals surface area contributed by atoms with Gasteiger partial charge in [0.15, 0.2) is 5.11 Å². The summed E-state index contributed by atoms with van der Waals surface area (Å²) in [6.07, 6.45) is 3.80. The van der Waals surface area contributed by atoms with Gasteiger partial charge in [-0.2, -0.15) is 0 Å². The lowest BCUT2D eigenvalue weighted by molar-refractivity contribution is -0.117. The van der Waals surface area contributed by atoms with Crippen LogP contribution in [-0.2, 0) is 17.8 Å². The van der Waals surface area contributed by atoms with Crippen LogP contribution in [0.25, 0.3) is 0 Å². The Morgan fingerprint density at radius 3 is 2.14 bits per heavy atom. The standard InChI is InChI=1S/C22H22N4OS/c27-21(25-19-11-13-23-14-12-19)20(15-17-7-3-1-4-8-17)26-22(28)24-16-18-9-5-2-6-10-18/h1-14,20H,15-16H2,(H,23,25,27)(H2,24,26,28)/t20-/m0/s1. The van der Waals surface area contributed by atoms with E-state index in [0.717, 1.165) is 11.1 Å². The van der Waals surface area contributed by atoms with Crippen molar-refractivity contribution in [2.45, 2.75) is 19.0 Å². The molecule has 1 aromatic heterocycles. The minimum absolute atomic E-state index is 0.154. The molecule has 0 bridgehead atoms. The van der Waals surface area contributed by atoms with E-state index in [1.807, 2.05) is 60.7 Å². The fourth-order valence-corrected chi connectivity index (χ4v) is 2.93. The molecule has 3 aromatic rings. The second-order valence-electron chi connectivity index (χ2n) is 6.28. The molecule has 6 heteroatoms. The van der Waals surface area contributed by atoms with Crippen molar-refractivity contribution in [1.29, 1.82) is 0 Å². The molecule has 142 valence electrons. The number of carbonyl (C=O) groups excluding carboxylic acids is 1. The van der Waals surface area contributed by atoms with Crippen molar-refractivity contribution in [2.75, 3.05) is 5.32 Å². The van der Waals surface area contributed by atoms with Gasteiger partial charge >= 0.3 is 0 Å². The molecule has 2 aromatic carbocycles. The molecule has 0 spiro atoms. The van der Waals surface area contributed by atoms with Crippen LogP contribution in [-0.4, -0.2) is 22.0 Å². The molecule has 3 N–H and O–H groups in total. The van der Waals surface area contributed by atoms with E-state index < -0.39 is 6.04 Å². The number of anilines is 1. The number of carbonyl (C=O) groups is 1. The number of hydrogen-bond donors (Lipinski definition) is 3. The molecule has 0 saturated heterocycles. The van der Waals surface area contributed by atoms with Crippen molar-refractivity contribution in [3.8, 4) is 0 Å². The summed E-state index contributed by atoms with van der Waals surface area (Å²) in [6.45, 7) is 0.594. The Morgan fingerprint density at radius 1 is 0.893 bits per heavy atom. The molecule has 0 aliphatic rings. The lowest BCUT2D eigenvalue weighted by Gasteiger charge is -2.21. The van der Waals surface area contributed by atoms with Crippen LogP contribution in [0.5, 0.6) is 0 Å². The summed E-state index contributed by atoms with van der Waals surface area (Å²) in [6, 6.07) is 22.8. The molecule has 3 rings (SSSR count). The number of aromatic nitrogens is 1. The van der Waals surface area contributed by atoms with Crippen molar-refractivity contribution in [3.63, 3.8) is 0 Å². The van der Waals surface area contributed by atoms with Gasteiger partial charge in [-0.25, -0.2) is 0 Å². The maximum absolute atomic E-state index is 12.8. The van der Waals surface area contributed by atoms with E-state index in [4.69, 9.17) is 12.2 Å². The summed E-state index contributed by atoms with van der Waals surface area (Å²) in [4.78, 5) is 16.8. The van der Waals surface area contributed by atoms with Gasteiger partial charge in [-0.05, 0) is 35.5 Å². The molecule has 0 radical (unpaired) electrons. The SMILES string of the molecule is O=C(Nc1ccncc1)[C@H](Cc1ccccc1)NC(=S)NCc1ccccc1. The topological polar surface area (TPSA) is 66.0 Å². The lowest BCUT2D eigenvalue weighted by atomic mass is 10.1. The Hall–Kier alpha value is -3.25. The highest BCUT2D eigenvalue weighted by Crippen LogP contribution is 2.08. The summed E-state index contributed by atoms with van der Waals surface area (Å²) >= 11 is 5.42. The number of amides is 1. The maximum Gasteiger partial charge on any atom is 0.247 e. The quantitative estimate of drug-likeness (QED) is 0.540. The third-order valence-corrected chi connectivity index (χ3v) is 4.41. The fraction of sp³-hybridized carbons (Fsp3) is 0.136. The zero-order valence-electron chi connectivity index (χ0n) is 15.3. The van der Waals surface area contributed by atoms with E-state index in [2.05, 4.69) is 20.9 Å². The van der Waals surface area contributed by atoms with E-state index in [1.54, 1.807) is 24.5 Å². The fourth-order valence-electron chi connectivity index (χ4n) is 2.71. The van der Waals surface area contributed by atoms with E-state index >= 15 is 0 Å². The smallest absolute Gasteiger partial charge is 0.247 e. The number of hydrogen-bond acceptors (Lipinski definition) is 3. The maximum atomic E-state index is 12.8. The Bertz CT molecular complexity index is 888. The number of nitrogens with zero attached hydrogens (tertiary/aromatic N) is 1. The zero-order chi connectivity index (χ0) is 19.6. The van der Waals surface area contributed by atoms with Crippen molar-refractivity contribution in [2.24, 2.45) is 0 Å². The minimum Gasteiger partial charge on any atom is -0.359 e. The van der Waals surface area contributed by atoms with Crippen molar-refractivity contribution < 1.29 is 4.79 Å². The Labute approximate surface area is 170 Å². The highest BCUT2D eigenvalue weighted by Gasteiger charge is 2.20. The molecule has 1 amide bonds. The molecule has 0 aliphatic heterocycles. The summed E-state index contributed by atoms with van der Waals surface area (Å²) in [5.74, 6) is -0.154. The summed E-state index contributed by atoms with van der Waals surface area (Å²) in [5, 5.41) is 9.66. The molecule has 0 aliphatic carbocycles. The summed E-state index contributed by atoms with van der Waals surface area (Å²) in [7, 11) is 0. The second kappa shape index (κ2) is 10.2. The molecular weight excluding hydrogens is 368 g/mol. The van der Waals surface area contributed by atoms with Crippen LogP contribution >= 0.6 is 12.2 Å². The largest absolute Gasteiger partial charge is 0.359 e. The van der Waals surface area contributed by atoms with Crippen LogP contribution in [0.1, 0.15) is 11.1 Å². The summed E-state index contributed by atoms with van der Waals surface area (Å²) < 4.78 is 0. The molecule has 5 nitrogen and oxygen atoms in total. The van der Waals surface area contributed by atoms with Gasteiger partial charge in [0, 0.05) is 31.0 Å². The number of rotatable bonds is 7. The number of thiocarbonyl (C=S) groups is 1. The first-order valence-electron chi connectivity index (χ1n) is 9.04. The van der Waals surface area contributed by atoms with Gasteiger partial charge in [-0.3, -0.25) is 9.78 Å². The average Bonchev–Trinajstić information content (AvgIpc) is 2.74. The van der Waals surface area contributed by atoms with E-state index in [1.165, 1.54) is 0 Å². The molecule has 0 saturated carbocycles. The van der Waals surface area contributed by atoms with Gasteiger partial charge in [0.05, 0.1) is 0 Å². The first kappa shape index (κ1) is 19.5. The Balaban J connectivity index is 1.64. The third-order valence-electron chi connectivity index (χ3n) is 4.15. The van der Waals surface area contributed by atoms with Gasteiger partial charge in [-0.15, -0.1) is 0 Å². The molecule has 0 unspecified atom stereocenters. The molecular formula is C22H22N4OS. The third kappa shape index (κ3) is 6.17. The second-order valence-corrected chi connectivity index (χ2v) is 6.69. The van der Waals surface area contributed by atoms with Gasteiger partial charge in [0.2, 0.25) is 5.91 Å². The van der Waals surface area contributed by atoms with Crippen molar-refractivity contribution in [3.05, 3.63) is 96.3 Å². The first-order chi connectivity index (χ1) is 13.7. The van der Waals surface area contributed by atoms with Gasteiger partial charge < -0.3 is 16.0 Å². The van der Waals surface area contributed by atoms with E-state index in [0.29, 0.717) is 23.8 Å². The monoisotopic (exact) mass is 390 g/mol. The Kier molecular flexibility index (Phi) is 7.09. The highest BCUT2D eigenvalue weighted by molar-refractivity contribution is 7.80. The average molecular weight is 391 g/mol. The molecule has 1 heterocycles. The molecule has 28 heavy (non-hydrogen) atoms. The number of pyridine rings is 1. The van der Waals surface area contributed by atoms with Crippen LogP contribution in [0.2, 0.25) is 0 Å². The van der Waals surface area contributed by atoms with Crippen molar-refractivity contribution in [1.82, 2.24) is 15.6 Å². The van der Waals surface area contributed by atoms with Crippen LogP contribution in [0.4, 0.5) is 5.69 Å². The Morgan fingerprint density at radius 2 is 1.50 bits per heavy atom. The normalized spacial score (nSPS) is 11.3. The van der Waals surface area contributed by atoms with Crippen LogP contribution < -0.4 is 16.0 Å². The minimum atomic E-state index is -0.508. The highest BCUT2D eigenvalue weighted by atomic mass is 32.1. The van der Waals surface area contributed by atoms with Crippen LogP contribution in [0.15, 0.2) is 85.2 Å². The number of nitrogens with one attached hydrogen (secondary N) is 3. The van der Waals surface area contributed by atoms with Gasteiger partial charge in [-0.1, -0.05) is 60.7 Å². The molecule has 1 atom stereocenters. The molecule has 0 fully saturated rings. The zero-order valence-corrected chi connectivity index (χ0v) is 16.2. The summed E-state index contributed by atoms with van der Waals surface area (Å²) in [5.41, 5.74) is 2.87. The van der Waals surface area contributed by atoms with Crippen molar-refractivity contribution >= 4 is 28.9 Å². The number of benzene rings is 2. The predicted molar refractivity (Wildman–Crippen MR) is 116 cm³/mol. The van der Waals surface area contributed by atoms with Gasteiger partial charge in [0.25, 0.3) is 0 Å². The van der Waals surface area contributed by atoms with E-state index in [9.17, 15) is 4.79 Å². The predicted octanol–water partition coefficient (Wildman–Crippen LogP) is 3.30. The lowest BCUT2D eigenvalue weighted by Crippen LogP contribution is -2.48. The first-order valence-corrected chi connectivity index (χ1v) is 9.44. The van der Waals surface area contributed by atoms with Crippen LogP contribution in [0, 0.1) is 0 Å². The van der Waals surface area contributed by atoms with Gasteiger partial charge in [0.1, 0.15) is 6.04 Å². The van der Waals surface area contributed by atoms with Crippen LogP contribution in [0.3, 0.4) is 0 Å². The van der Waals surface area contributed by atoms with E-state index in [-0.39, 0.29) is 5.91 Å².